The third-order valence-corrected chi connectivity index (χ3v) is 4.49. The monoisotopic (exact) mass is 374 g/mol. The van der Waals surface area contributed by atoms with E-state index in [2.05, 4.69) is 44.9 Å². The minimum atomic E-state index is -0.232. The molecule has 0 aliphatic rings. The Morgan fingerprint density at radius 2 is 1.75 bits per heavy atom. The topological polar surface area (TPSA) is 66.9 Å². The highest BCUT2D eigenvalue weighted by Gasteiger charge is 2.12. The third kappa shape index (κ3) is 5.39. The van der Waals surface area contributed by atoms with Crippen molar-refractivity contribution >= 4 is 17.4 Å². The van der Waals surface area contributed by atoms with Crippen LogP contribution in [0.15, 0.2) is 54.6 Å². The molecule has 0 aliphatic carbocycles. The van der Waals surface area contributed by atoms with Crippen molar-refractivity contribution in [2.75, 3.05) is 17.2 Å². The van der Waals surface area contributed by atoms with Gasteiger partial charge in [-0.3, -0.25) is 4.79 Å². The molecular formula is C23H26N4O. The Hall–Kier alpha value is -3.21. The van der Waals surface area contributed by atoms with Gasteiger partial charge in [-0.05, 0) is 50.8 Å². The number of aryl methyl sites for hydroxylation is 4. The van der Waals surface area contributed by atoms with Crippen LogP contribution in [0.1, 0.15) is 39.4 Å². The molecule has 2 aromatic carbocycles. The first-order valence-electron chi connectivity index (χ1n) is 9.53. The van der Waals surface area contributed by atoms with Gasteiger partial charge in [0.25, 0.3) is 5.91 Å². The maximum atomic E-state index is 12.6. The van der Waals surface area contributed by atoms with Crippen LogP contribution in [0.2, 0.25) is 0 Å². The molecule has 0 fully saturated rings. The number of hydrogen-bond donors (Lipinski definition) is 2. The highest BCUT2D eigenvalue weighted by molar-refractivity contribution is 6.03. The third-order valence-electron chi connectivity index (χ3n) is 4.49. The lowest BCUT2D eigenvalue weighted by Gasteiger charge is -2.11. The summed E-state index contributed by atoms with van der Waals surface area (Å²) in [5, 5.41) is 6.24. The maximum Gasteiger partial charge on any atom is 0.274 e. The van der Waals surface area contributed by atoms with Gasteiger partial charge in [0.05, 0.1) is 0 Å². The predicted octanol–water partition coefficient (Wildman–Crippen LogP) is 4.70. The second kappa shape index (κ2) is 9.13. The van der Waals surface area contributed by atoms with Crippen molar-refractivity contribution in [3.63, 3.8) is 0 Å². The molecule has 1 aromatic heterocycles. The molecule has 28 heavy (non-hydrogen) atoms. The van der Waals surface area contributed by atoms with Gasteiger partial charge in [0.2, 0.25) is 0 Å². The number of rotatable bonds is 7. The minimum absolute atomic E-state index is 0.232. The Kier molecular flexibility index (Phi) is 6.37. The van der Waals surface area contributed by atoms with Crippen LogP contribution < -0.4 is 10.6 Å². The van der Waals surface area contributed by atoms with E-state index in [9.17, 15) is 4.79 Å². The van der Waals surface area contributed by atoms with Crippen molar-refractivity contribution in [2.45, 2.75) is 33.6 Å². The van der Waals surface area contributed by atoms with Gasteiger partial charge in [-0.15, -0.1) is 0 Å². The molecule has 3 aromatic rings. The Labute approximate surface area is 166 Å². The van der Waals surface area contributed by atoms with Crippen LogP contribution in [0, 0.1) is 20.8 Å². The Morgan fingerprint density at radius 3 is 2.50 bits per heavy atom. The van der Waals surface area contributed by atoms with E-state index in [-0.39, 0.29) is 5.91 Å². The molecule has 0 unspecified atom stereocenters. The molecule has 5 heteroatoms. The van der Waals surface area contributed by atoms with Crippen LogP contribution in [0.5, 0.6) is 0 Å². The largest absolute Gasteiger partial charge is 0.370 e. The average molecular weight is 374 g/mol. The molecule has 1 heterocycles. The summed E-state index contributed by atoms with van der Waals surface area (Å²) in [5.41, 5.74) is 4.66. The van der Waals surface area contributed by atoms with Gasteiger partial charge in [0.1, 0.15) is 17.3 Å². The average Bonchev–Trinajstić information content (AvgIpc) is 2.68. The van der Waals surface area contributed by atoms with Crippen LogP contribution in [0.25, 0.3) is 0 Å². The Bertz CT molecular complexity index is 954. The van der Waals surface area contributed by atoms with Crippen molar-refractivity contribution < 1.29 is 4.79 Å². The van der Waals surface area contributed by atoms with Crippen molar-refractivity contribution in [2.24, 2.45) is 0 Å². The van der Waals surface area contributed by atoms with E-state index in [1.165, 1.54) is 5.56 Å². The minimum Gasteiger partial charge on any atom is -0.370 e. The van der Waals surface area contributed by atoms with Gasteiger partial charge >= 0.3 is 0 Å². The van der Waals surface area contributed by atoms with Crippen LogP contribution in [0.4, 0.5) is 11.5 Å². The second-order valence-corrected chi connectivity index (χ2v) is 6.97. The lowest BCUT2D eigenvalue weighted by atomic mass is 10.1. The van der Waals surface area contributed by atoms with E-state index in [4.69, 9.17) is 0 Å². The quantitative estimate of drug-likeness (QED) is 0.588. The molecule has 1 amide bonds. The van der Waals surface area contributed by atoms with Gasteiger partial charge in [0.15, 0.2) is 0 Å². The summed E-state index contributed by atoms with van der Waals surface area (Å²) >= 11 is 0. The summed E-state index contributed by atoms with van der Waals surface area (Å²) in [5.74, 6) is 1.01. The number of benzene rings is 2. The van der Waals surface area contributed by atoms with Crippen molar-refractivity contribution in [1.29, 1.82) is 0 Å². The van der Waals surface area contributed by atoms with Gasteiger partial charge < -0.3 is 10.6 Å². The van der Waals surface area contributed by atoms with E-state index < -0.39 is 0 Å². The SMILES string of the molecule is Cc1ccc(NC(=O)c2cc(NCCCc3ccccc3)nc(C)n2)c(C)c1. The van der Waals surface area contributed by atoms with Gasteiger partial charge in [-0.2, -0.15) is 0 Å². The van der Waals surface area contributed by atoms with E-state index in [0.29, 0.717) is 17.3 Å². The smallest absolute Gasteiger partial charge is 0.274 e. The summed E-state index contributed by atoms with van der Waals surface area (Å²) in [6.45, 7) is 6.59. The fourth-order valence-corrected chi connectivity index (χ4v) is 3.07. The number of nitrogens with one attached hydrogen (secondary N) is 2. The molecule has 0 saturated heterocycles. The number of nitrogens with zero attached hydrogens (tertiary/aromatic N) is 2. The maximum absolute atomic E-state index is 12.6. The normalized spacial score (nSPS) is 10.5. The zero-order chi connectivity index (χ0) is 19.9. The number of carbonyl (C=O) groups is 1. The van der Waals surface area contributed by atoms with E-state index in [1.54, 1.807) is 13.0 Å². The predicted molar refractivity (Wildman–Crippen MR) is 114 cm³/mol. The van der Waals surface area contributed by atoms with Crippen LogP contribution in [-0.2, 0) is 6.42 Å². The molecule has 0 atom stereocenters. The summed E-state index contributed by atoms with van der Waals surface area (Å²) in [6.07, 6.45) is 1.98. The highest BCUT2D eigenvalue weighted by Crippen LogP contribution is 2.17. The highest BCUT2D eigenvalue weighted by atomic mass is 16.1. The number of hydrogen-bond acceptors (Lipinski definition) is 4. The molecular weight excluding hydrogens is 348 g/mol. The number of anilines is 2. The number of carbonyl (C=O) groups excluding carboxylic acids is 1. The molecule has 0 radical (unpaired) electrons. The molecule has 2 N–H and O–H groups in total. The van der Waals surface area contributed by atoms with Crippen LogP contribution >= 0.6 is 0 Å². The molecule has 144 valence electrons. The van der Waals surface area contributed by atoms with E-state index >= 15 is 0 Å². The van der Waals surface area contributed by atoms with E-state index in [0.717, 1.165) is 36.2 Å². The summed E-state index contributed by atoms with van der Waals surface area (Å²) < 4.78 is 0. The second-order valence-electron chi connectivity index (χ2n) is 6.97. The summed E-state index contributed by atoms with van der Waals surface area (Å²) in [6, 6.07) is 18.0. The van der Waals surface area contributed by atoms with Gasteiger partial charge in [0, 0.05) is 18.3 Å². The molecule has 0 saturated carbocycles. The first-order chi connectivity index (χ1) is 13.5. The van der Waals surface area contributed by atoms with Crippen molar-refractivity contribution in [3.05, 3.63) is 82.8 Å². The summed E-state index contributed by atoms with van der Waals surface area (Å²) in [7, 11) is 0. The molecule has 5 nitrogen and oxygen atoms in total. The number of aromatic nitrogens is 2. The van der Waals surface area contributed by atoms with Crippen molar-refractivity contribution in [1.82, 2.24) is 9.97 Å². The van der Waals surface area contributed by atoms with Gasteiger partial charge in [-0.25, -0.2) is 9.97 Å². The standard InChI is InChI=1S/C23H26N4O/c1-16-11-12-20(17(2)14-16)27-23(28)21-15-22(26-18(3)25-21)24-13-7-10-19-8-5-4-6-9-19/h4-6,8-9,11-12,14-15H,7,10,13H2,1-3H3,(H,27,28)(H,24,25,26). The van der Waals surface area contributed by atoms with Crippen LogP contribution in [0.3, 0.4) is 0 Å². The Morgan fingerprint density at radius 1 is 0.964 bits per heavy atom. The van der Waals surface area contributed by atoms with Crippen molar-refractivity contribution in [3.8, 4) is 0 Å². The summed E-state index contributed by atoms with van der Waals surface area (Å²) in [4.78, 5) is 21.3. The fraction of sp³-hybridized carbons (Fsp3) is 0.261. The molecule has 3 rings (SSSR count). The fourth-order valence-electron chi connectivity index (χ4n) is 3.07. The molecule has 0 bridgehead atoms. The van der Waals surface area contributed by atoms with Crippen LogP contribution in [-0.4, -0.2) is 22.4 Å². The first kappa shape index (κ1) is 19.5. The lowest BCUT2D eigenvalue weighted by Crippen LogP contribution is -2.16. The first-order valence-corrected chi connectivity index (χ1v) is 9.53. The molecule has 0 spiro atoms. The molecule has 0 aliphatic heterocycles. The van der Waals surface area contributed by atoms with Gasteiger partial charge in [-0.1, -0.05) is 48.0 Å². The van der Waals surface area contributed by atoms with E-state index in [1.807, 2.05) is 38.1 Å². The zero-order valence-electron chi connectivity index (χ0n) is 16.6. The lowest BCUT2D eigenvalue weighted by molar-refractivity contribution is 0.102. The zero-order valence-corrected chi connectivity index (χ0v) is 16.6. The Balaban J connectivity index is 1.61. The number of amides is 1.